The molecular weight excluding hydrogens is 240 g/mol. The second-order valence-corrected chi connectivity index (χ2v) is 4.88. The van der Waals surface area contributed by atoms with Crippen molar-refractivity contribution in [3.8, 4) is 0 Å². The van der Waals surface area contributed by atoms with Gasteiger partial charge in [0.15, 0.2) is 0 Å². The number of aromatic nitrogens is 2. The predicted molar refractivity (Wildman–Crippen MR) is 74.6 cm³/mol. The van der Waals surface area contributed by atoms with Gasteiger partial charge in [0.2, 0.25) is 0 Å². The Kier molecular flexibility index (Phi) is 3.13. The number of piperazine rings is 1. The van der Waals surface area contributed by atoms with Crippen molar-refractivity contribution in [1.29, 1.82) is 0 Å². The van der Waals surface area contributed by atoms with Crippen LogP contribution in [0.3, 0.4) is 0 Å². The molecular formula is C14H16N4O. The molecule has 5 heteroatoms. The van der Waals surface area contributed by atoms with Crippen LogP contribution in [0.4, 0.5) is 5.82 Å². The summed E-state index contributed by atoms with van der Waals surface area (Å²) in [6.45, 7) is 3.96. The molecule has 1 aliphatic rings. The van der Waals surface area contributed by atoms with Gasteiger partial charge in [-0.3, -0.25) is 4.79 Å². The van der Waals surface area contributed by atoms with Gasteiger partial charge in [-0.2, -0.15) is 0 Å². The third-order valence-electron chi connectivity index (χ3n) is 3.58. The lowest BCUT2D eigenvalue weighted by Gasteiger charge is -2.33. The summed E-state index contributed by atoms with van der Waals surface area (Å²) in [4.78, 5) is 24.2. The van der Waals surface area contributed by atoms with Crippen molar-refractivity contribution in [3.05, 3.63) is 30.1 Å². The van der Waals surface area contributed by atoms with E-state index in [2.05, 4.69) is 26.8 Å². The third-order valence-corrected chi connectivity index (χ3v) is 3.58. The van der Waals surface area contributed by atoms with Crippen molar-refractivity contribution in [2.24, 2.45) is 0 Å². The average molecular weight is 256 g/mol. The fraction of sp³-hybridized carbons (Fsp3) is 0.357. The first-order chi connectivity index (χ1) is 9.28. The van der Waals surface area contributed by atoms with Crippen LogP contribution in [0.2, 0.25) is 0 Å². The molecule has 0 aliphatic carbocycles. The summed E-state index contributed by atoms with van der Waals surface area (Å²) in [5, 5.41) is 0.955. The van der Waals surface area contributed by atoms with E-state index in [1.54, 1.807) is 12.4 Å². The van der Waals surface area contributed by atoms with Crippen molar-refractivity contribution >= 4 is 23.0 Å². The standard InChI is InChI=1S/C14H16N4O/c1-17-4-6-18(7-5-17)14-12-8-11(9-19)2-3-13(12)15-10-16-14/h2-3,8-10H,4-7H2,1H3. The second kappa shape index (κ2) is 4.93. The SMILES string of the molecule is CN1CCN(c2ncnc3ccc(C=O)cc23)CC1. The van der Waals surface area contributed by atoms with Crippen molar-refractivity contribution in [3.63, 3.8) is 0 Å². The summed E-state index contributed by atoms with van der Waals surface area (Å²) in [7, 11) is 2.12. The molecule has 0 unspecified atom stereocenters. The summed E-state index contributed by atoms with van der Waals surface area (Å²) in [6.07, 6.45) is 2.46. The number of carbonyl (C=O) groups is 1. The second-order valence-electron chi connectivity index (χ2n) is 4.88. The number of hydrogen-bond acceptors (Lipinski definition) is 5. The van der Waals surface area contributed by atoms with Crippen LogP contribution in [0.1, 0.15) is 10.4 Å². The lowest BCUT2D eigenvalue weighted by atomic mass is 10.1. The Morgan fingerprint density at radius 2 is 1.95 bits per heavy atom. The van der Waals surface area contributed by atoms with Crippen LogP contribution in [0.15, 0.2) is 24.5 Å². The molecule has 2 heterocycles. The smallest absolute Gasteiger partial charge is 0.150 e. The van der Waals surface area contributed by atoms with Gasteiger partial charge in [0.05, 0.1) is 5.52 Å². The first-order valence-electron chi connectivity index (χ1n) is 6.41. The van der Waals surface area contributed by atoms with Gasteiger partial charge in [-0.25, -0.2) is 9.97 Å². The van der Waals surface area contributed by atoms with Crippen LogP contribution >= 0.6 is 0 Å². The van der Waals surface area contributed by atoms with E-state index in [4.69, 9.17) is 0 Å². The Labute approximate surface area is 111 Å². The Morgan fingerprint density at radius 1 is 1.16 bits per heavy atom. The lowest BCUT2D eigenvalue weighted by molar-refractivity contribution is 0.112. The first kappa shape index (κ1) is 12.0. The predicted octanol–water partition coefficient (Wildman–Crippen LogP) is 1.19. The summed E-state index contributed by atoms with van der Waals surface area (Å²) >= 11 is 0. The Balaban J connectivity index is 2.04. The van der Waals surface area contributed by atoms with Crippen LogP contribution in [0, 0.1) is 0 Å². The Bertz CT molecular complexity index is 605. The highest BCUT2D eigenvalue weighted by molar-refractivity contribution is 5.93. The minimum absolute atomic E-state index is 0.665. The molecule has 1 aromatic heterocycles. The minimum atomic E-state index is 0.665. The molecule has 0 atom stereocenters. The first-order valence-corrected chi connectivity index (χ1v) is 6.41. The van der Waals surface area contributed by atoms with Gasteiger partial charge in [-0.1, -0.05) is 0 Å². The fourth-order valence-corrected chi connectivity index (χ4v) is 2.40. The van der Waals surface area contributed by atoms with Gasteiger partial charge in [0, 0.05) is 37.1 Å². The van der Waals surface area contributed by atoms with E-state index < -0.39 is 0 Å². The summed E-state index contributed by atoms with van der Waals surface area (Å²) < 4.78 is 0. The van der Waals surface area contributed by atoms with Crippen LogP contribution < -0.4 is 4.90 Å². The topological polar surface area (TPSA) is 49.3 Å². The third kappa shape index (κ3) is 2.29. The number of rotatable bonds is 2. The number of carbonyl (C=O) groups excluding carboxylic acids is 1. The molecule has 5 nitrogen and oxygen atoms in total. The molecule has 1 aliphatic heterocycles. The van der Waals surface area contributed by atoms with Crippen molar-refractivity contribution in [1.82, 2.24) is 14.9 Å². The maximum absolute atomic E-state index is 10.9. The Morgan fingerprint density at radius 3 is 2.68 bits per heavy atom. The van der Waals surface area contributed by atoms with Crippen molar-refractivity contribution in [2.45, 2.75) is 0 Å². The van der Waals surface area contributed by atoms with E-state index in [0.29, 0.717) is 5.56 Å². The summed E-state index contributed by atoms with van der Waals surface area (Å²) in [5.74, 6) is 0.932. The molecule has 3 rings (SSSR count). The number of nitrogens with zero attached hydrogens (tertiary/aromatic N) is 4. The van der Waals surface area contributed by atoms with Crippen molar-refractivity contribution in [2.75, 3.05) is 38.1 Å². The molecule has 1 saturated heterocycles. The maximum Gasteiger partial charge on any atom is 0.150 e. The van der Waals surface area contributed by atoms with Gasteiger partial charge in [0.25, 0.3) is 0 Å². The average Bonchev–Trinajstić information content (AvgIpc) is 2.47. The molecule has 0 radical (unpaired) electrons. The monoisotopic (exact) mass is 256 g/mol. The van der Waals surface area contributed by atoms with Crippen LogP contribution in [0.5, 0.6) is 0 Å². The molecule has 1 fully saturated rings. The highest BCUT2D eigenvalue weighted by Gasteiger charge is 2.17. The zero-order valence-electron chi connectivity index (χ0n) is 10.9. The highest BCUT2D eigenvalue weighted by atomic mass is 16.1. The molecule has 0 spiro atoms. The van der Waals surface area contributed by atoms with Gasteiger partial charge >= 0.3 is 0 Å². The van der Waals surface area contributed by atoms with Gasteiger partial charge in [-0.15, -0.1) is 0 Å². The van der Waals surface area contributed by atoms with E-state index in [9.17, 15) is 4.79 Å². The number of likely N-dealkylation sites (N-methyl/N-ethyl adjacent to an activating group) is 1. The Hall–Kier alpha value is -2.01. The van der Waals surface area contributed by atoms with Crippen LogP contribution in [-0.2, 0) is 0 Å². The largest absolute Gasteiger partial charge is 0.353 e. The maximum atomic E-state index is 10.9. The number of fused-ring (bicyclic) bond motifs is 1. The number of anilines is 1. The minimum Gasteiger partial charge on any atom is -0.353 e. The van der Waals surface area contributed by atoms with E-state index in [1.165, 1.54) is 0 Å². The van der Waals surface area contributed by atoms with E-state index >= 15 is 0 Å². The highest BCUT2D eigenvalue weighted by Crippen LogP contribution is 2.24. The van der Waals surface area contributed by atoms with Gasteiger partial charge in [-0.05, 0) is 25.2 Å². The number of benzene rings is 1. The zero-order valence-corrected chi connectivity index (χ0v) is 10.9. The molecule has 0 amide bonds. The van der Waals surface area contributed by atoms with E-state index in [1.807, 2.05) is 12.1 Å². The quantitative estimate of drug-likeness (QED) is 0.756. The van der Waals surface area contributed by atoms with E-state index in [-0.39, 0.29) is 0 Å². The molecule has 19 heavy (non-hydrogen) atoms. The normalized spacial score (nSPS) is 16.8. The molecule has 98 valence electrons. The number of hydrogen-bond donors (Lipinski definition) is 0. The van der Waals surface area contributed by atoms with E-state index in [0.717, 1.165) is 49.2 Å². The molecule has 0 N–H and O–H groups in total. The number of aldehydes is 1. The van der Waals surface area contributed by atoms with Crippen molar-refractivity contribution < 1.29 is 4.79 Å². The van der Waals surface area contributed by atoms with Gasteiger partial charge in [0.1, 0.15) is 18.4 Å². The van der Waals surface area contributed by atoms with Crippen LogP contribution in [0.25, 0.3) is 10.9 Å². The molecule has 2 aromatic rings. The summed E-state index contributed by atoms with van der Waals surface area (Å²) in [5.41, 5.74) is 1.55. The molecule has 1 aromatic carbocycles. The fourth-order valence-electron chi connectivity index (χ4n) is 2.40. The zero-order chi connectivity index (χ0) is 13.2. The lowest BCUT2D eigenvalue weighted by Crippen LogP contribution is -2.44. The molecule has 0 bridgehead atoms. The summed E-state index contributed by atoms with van der Waals surface area (Å²) in [6, 6.07) is 5.53. The molecule has 0 saturated carbocycles. The van der Waals surface area contributed by atoms with Crippen LogP contribution in [-0.4, -0.2) is 54.4 Å². The van der Waals surface area contributed by atoms with Gasteiger partial charge < -0.3 is 9.80 Å².